The summed E-state index contributed by atoms with van der Waals surface area (Å²) in [6.07, 6.45) is -0.361. The molecule has 0 radical (unpaired) electrons. The molecule has 1 N–H and O–H groups in total. The molecule has 2 heteroatoms. The summed E-state index contributed by atoms with van der Waals surface area (Å²) < 4.78 is 0.207. The van der Waals surface area contributed by atoms with E-state index in [1.807, 2.05) is 12.1 Å². The second-order valence-corrected chi connectivity index (χ2v) is 7.61. The fraction of sp³-hybridized carbons (Fsp3) is 0.600. The molecule has 0 heterocycles. The van der Waals surface area contributed by atoms with Crippen LogP contribution in [-0.2, 0) is 0 Å². The molecule has 0 aliphatic rings. The van der Waals surface area contributed by atoms with Crippen LogP contribution < -0.4 is 0 Å². The molecule has 1 unspecified atom stereocenters. The van der Waals surface area contributed by atoms with Crippen LogP contribution in [0.1, 0.15) is 57.8 Å². The Morgan fingerprint density at radius 2 is 1.53 bits per heavy atom. The third-order valence-electron chi connectivity index (χ3n) is 2.66. The smallest absolute Gasteiger partial charge is 0.0880 e. The first-order valence-electron chi connectivity index (χ1n) is 6.21. The van der Waals surface area contributed by atoms with Crippen molar-refractivity contribution in [2.45, 2.75) is 51.4 Å². The maximum atomic E-state index is 10.1. The van der Waals surface area contributed by atoms with Gasteiger partial charge in [0.15, 0.2) is 0 Å². The Morgan fingerprint density at radius 1 is 1.06 bits per heavy atom. The Kier molecular flexibility index (Phi) is 5.08. The summed E-state index contributed by atoms with van der Waals surface area (Å²) in [4.78, 5) is 0. The maximum Gasteiger partial charge on any atom is 0.0880 e. The minimum atomic E-state index is -0.361. The van der Waals surface area contributed by atoms with Crippen molar-refractivity contribution in [3.63, 3.8) is 0 Å². The lowest BCUT2D eigenvalue weighted by Gasteiger charge is -2.20. The predicted molar refractivity (Wildman–Crippen MR) is 77.7 cm³/mol. The van der Waals surface area contributed by atoms with Crippen LogP contribution in [0, 0.1) is 0 Å². The highest BCUT2D eigenvalue weighted by Gasteiger charge is 2.15. The Labute approximate surface area is 110 Å². The van der Waals surface area contributed by atoms with Crippen molar-refractivity contribution in [3.05, 3.63) is 35.4 Å². The summed E-state index contributed by atoms with van der Waals surface area (Å²) in [5, 5.41) is 10.1. The highest BCUT2D eigenvalue weighted by molar-refractivity contribution is 8.00. The zero-order valence-electron chi connectivity index (χ0n) is 11.5. The van der Waals surface area contributed by atoms with Crippen LogP contribution in [0.3, 0.4) is 0 Å². The molecular weight excluding hydrogens is 228 g/mol. The third kappa shape index (κ3) is 5.13. The van der Waals surface area contributed by atoms with Crippen molar-refractivity contribution < 1.29 is 5.11 Å². The molecule has 0 spiro atoms. The Hall–Kier alpha value is -0.470. The van der Waals surface area contributed by atoms with Crippen LogP contribution in [0.2, 0.25) is 0 Å². The van der Waals surface area contributed by atoms with Crippen molar-refractivity contribution in [3.8, 4) is 0 Å². The number of hydrogen-bond donors (Lipinski definition) is 1. The molecule has 0 bridgehead atoms. The van der Waals surface area contributed by atoms with Gasteiger partial charge < -0.3 is 5.11 Å². The van der Waals surface area contributed by atoms with Crippen LogP contribution in [-0.4, -0.2) is 15.6 Å². The zero-order valence-corrected chi connectivity index (χ0v) is 12.3. The van der Waals surface area contributed by atoms with E-state index < -0.39 is 0 Å². The van der Waals surface area contributed by atoms with E-state index in [1.165, 1.54) is 5.56 Å². The Balaban J connectivity index is 2.60. The van der Waals surface area contributed by atoms with E-state index in [0.29, 0.717) is 5.92 Å². The summed E-state index contributed by atoms with van der Waals surface area (Å²) in [6, 6.07) is 8.32. The summed E-state index contributed by atoms with van der Waals surface area (Å²) >= 11 is 1.80. The highest BCUT2D eigenvalue weighted by atomic mass is 32.2. The first kappa shape index (κ1) is 14.6. The molecule has 1 atom stereocenters. The zero-order chi connectivity index (χ0) is 13.1. The number of rotatable bonds is 4. The number of aliphatic hydroxyl groups excluding tert-OH is 1. The summed E-state index contributed by atoms with van der Waals surface area (Å²) in [7, 11) is 0. The van der Waals surface area contributed by atoms with E-state index in [-0.39, 0.29) is 10.9 Å². The first-order valence-corrected chi connectivity index (χ1v) is 7.20. The lowest BCUT2D eigenvalue weighted by atomic mass is 10.0. The van der Waals surface area contributed by atoms with Gasteiger partial charge in [-0.15, -0.1) is 0 Å². The standard InChI is InChI=1S/C15H24OS/c1-11(2)12-6-8-13(9-7-12)14(16)10-17-15(3,4)5/h6-9,11,14,16H,10H2,1-5H3. The van der Waals surface area contributed by atoms with Crippen LogP contribution in [0.5, 0.6) is 0 Å². The van der Waals surface area contributed by atoms with Crippen molar-refractivity contribution in [2.75, 3.05) is 5.75 Å². The molecule has 0 saturated carbocycles. The van der Waals surface area contributed by atoms with Gasteiger partial charge in [0.25, 0.3) is 0 Å². The molecule has 1 aromatic rings. The van der Waals surface area contributed by atoms with Crippen LogP contribution in [0.25, 0.3) is 0 Å². The molecule has 1 rings (SSSR count). The molecule has 0 aliphatic carbocycles. The first-order chi connectivity index (χ1) is 7.79. The molecule has 1 nitrogen and oxygen atoms in total. The minimum absolute atomic E-state index is 0.207. The highest BCUT2D eigenvalue weighted by Crippen LogP contribution is 2.28. The van der Waals surface area contributed by atoms with Gasteiger partial charge in [0.2, 0.25) is 0 Å². The van der Waals surface area contributed by atoms with Gasteiger partial charge in [0, 0.05) is 10.5 Å². The molecule has 0 amide bonds. The van der Waals surface area contributed by atoms with Gasteiger partial charge in [-0.3, -0.25) is 0 Å². The fourth-order valence-electron chi connectivity index (χ4n) is 1.53. The van der Waals surface area contributed by atoms with Crippen molar-refractivity contribution in [1.29, 1.82) is 0 Å². The molecule has 0 saturated heterocycles. The van der Waals surface area contributed by atoms with Gasteiger partial charge in [-0.2, -0.15) is 11.8 Å². The maximum absolute atomic E-state index is 10.1. The average Bonchev–Trinajstić information content (AvgIpc) is 2.25. The SMILES string of the molecule is CC(C)c1ccc(C(O)CSC(C)(C)C)cc1. The second kappa shape index (κ2) is 5.92. The largest absolute Gasteiger partial charge is 0.388 e. The topological polar surface area (TPSA) is 20.2 Å². The predicted octanol–water partition coefficient (Wildman–Crippen LogP) is 4.38. The van der Waals surface area contributed by atoms with Gasteiger partial charge >= 0.3 is 0 Å². The molecule has 0 aliphatic heterocycles. The van der Waals surface area contributed by atoms with E-state index in [0.717, 1.165) is 11.3 Å². The fourth-order valence-corrected chi connectivity index (χ4v) is 2.38. The number of aliphatic hydroxyl groups is 1. The van der Waals surface area contributed by atoms with Gasteiger partial charge in [0.1, 0.15) is 0 Å². The average molecular weight is 252 g/mol. The van der Waals surface area contributed by atoms with Gasteiger partial charge in [-0.25, -0.2) is 0 Å². The van der Waals surface area contributed by atoms with E-state index >= 15 is 0 Å². The van der Waals surface area contributed by atoms with Crippen molar-refractivity contribution in [1.82, 2.24) is 0 Å². The Morgan fingerprint density at radius 3 is 1.94 bits per heavy atom. The van der Waals surface area contributed by atoms with Crippen molar-refractivity contribution in [2.24, 2.45) is 0 Å². The van der Waals surface area contributed by atoms with E-state index in [1.54, 1.807) is 11.8 Å². The van der Waals surface area contributed by atoms with Crippen LogP contribution >= 0.6 is 11.8 Å². The van der Waals surface area contributed by atoms with Crippen LogP contribution in [0.4, 0.5) is 0 Å². The normalized spacial score (nSPS) is 14.1. The summed E-state index contributed by atoms with van der Waals surface area (Å²) in [5.74, 6) is 1.30. The molecule has 96 valence electrons. The lowest BCUT2D eigenvalue weighted by molar-refractivity contribution is 0.204. The molecule has 1 aromatic carbocycles. The third-order valence-corrected chi connectivity index (χ3v) is 4.01. The monoisotopic (exact) mass is 252 g/mol. The summed E-state index contributed by atoms with van der Waals surface area (Å²) in [5.41, 5.74) is 2.34. The van der Waals surface area contributed by atoms with Crippen molar-refractivity contribution >= 4 is 11.8 Å². The molecule has 17 heavy (non-hydrogen) atoms. The van der Waals surface area contributed by atoms with E-state index in [9.17, 15) is 5.11 Å². The van der Waals surface area contributed by atoms with E-state index in [2.05, 4.69) is 46.8 Å². The van der Waals surface area contributed by atoms with Gasteiger partial charge in [0.05, 0.1) is 6.10 Å². The number of thioether (sulfide) groups is 1. The molecule has 0 fully saturated rings. The van der Waals surface area contributed by atoms with Gasteiger partial charge in [-0.05, 0) is 17.0 Å². The molecular formula is C15H24OS. The quantitative estimate of drug-likeness (QED) is 0.858. The van der Waals surface area contributed by atoms with Crippen LogP contribution in [0.15, 0.2) is 24.3 Å². The van der Waals surface area contributed by atoms with Gasteiger partial charge in [-0.1, -0.05) is 58.9 Å². The summed E-state index contributed by atoms with van der Waals surface area (Å²) in [6.45, 7) is 10.9. The Bertz CT molecular complexity index is 335. The van der Waals surface area contributed by atoms with E-state index in [4.69, 9.17) is 0 Å². The minimum Gasteiger partial charge on any atom is -0.388 e. The second-order valence-electron chi connectivity index (χ2n) is 5.76. The number of hydrogen-bond acceptors (Lipinski definition) is 2. The molecule has 0 aromatic heterocycles. The lowest BCUT2D eigenvalue weighted by Crippen LogP contribution is -2.12. The number of benzene rings is 1.